The molecule has 0 heterocycles. The van der Waals surface area contributed by atoms with Crippen LogP contribution < -0.4 is 0 Å². The Morgan fingerprint density at radius 2 is 1.41 bits per heavy atom. The smallest absolute Gasteiger partial charge is 0.0922 e. The molecule has 0 spiro atoms. The van der Waals surface area contributed by atoms with E-state index in [-0.39, 0.29) is 0 Å². The highest BCUT2D eigenvalue weighted by Crippen LogP contribution is 2.30. The summed E-state index contributed by atoms with van der Waals surface area (Å²) in [6.45, 7) is 7.35. The number of hydrogen-bond acceptors (Lipinski definition) is 2. The summed E-state index contributed by atoms with van der Waals surface area (Å²) in [5, 5.41) is 13.8. The zero-order valence-electron chi connectivity index (χ0n) is 17.1. The molecule has 27 heavy (non-hydrogen) atoms. The number of aliphatic hydroxyl groups excluding tert-OH is 1. The molecule has 2 aromatic carbocycles. The molecule has 150 valence electrons. The largest absolute Gasteiger partial charge is 0.387 e. The average Bonchev–Trinajstić information content (AvgIpc) is 2.68. The van der Waals surface area contributed by atoms with Crippen molar-refractivity contribution in [2.24, 2.45) is 0 Å². The van der Waals surface area contributed by atoms with E-state index in [1.54, 1.807) is 0 Å². The van der Waals surface area contributed by atoms with Gasteiger partial charge in [-0.1, -0.05) is 94.3 Å². The van der Waals surface area contributed by atoms with Gasteiger partial charge in [0.05, 0.1) is 6.10 Å². The molecule has 0 aliphatic carbocycles. The fourth-order valence-corrected chi connectivity index (χ4v) is 3.97. The molecule has 0 fully saturated rings. The van der Waals surface area contributed by atoms with E-state index in [2.05, 4.69) is 24.8 Å². The lowest BCUT2D eigenvalue weighted by Gasteiger charge is -2.26. The fourth-order valence-electron chi connectivity index (χ4n) is 3.74. The topological polar surface area (TPSA) is 23.5 Å². The third-order valence-electron chi connectivity index (χ3n) is 5.35. The summed E-state index contributed by atoms with van der Waals surface area (Å²) in [6, 6.07) is 12.0. The second-order valence-electron chi connectivity index (χ2n) is 7.62. The zero-order chi connectivity index (χ0) is 19.5. The van der Waals surface area contributed by atoms with Crippen LogP contribution in [0.4, 0.5) is 0 Å². The fraction of sp³-hybridized carbons (Fsp3) is 0.583. The second kappa shape index (κ2) is 12.4. The van der Waals surface area contributed by atoms with Crippen LogP contribution in [0.15, 0.2) is 36.4 Å². The summed E-state index contributed by atoms with van der Waals surface area (Å²) in [7, 11) is 0. The molecule has 0 bridgehead atoms. The van der Waals surface area contributed by atoms with Gasteiger partial charge < -0.3 is 10.0 Å². The van der Waals surface area contributed by atoms with Gasteiger partial charge in [0.1, 0.15) is 0 Å². The van der Waals surface area contributed by atoms with Crippen LogP contribution in [0.1, 0.15) is 76.9 Å². The molecule has 0 aliphatic heterocycles. The van der Waals surface area contributed by atoms with E-state index in [1.165, 1.54) is 51.4 Å². The molecule has 3 heteroatoms. The van der Waals surface area contributed by atoms with Crippen LogP contribution in [0.3, 0.4) is 0 Å². The molecule has 0 aromatic heterocycles. The van der Waals surface area contributed by atoms with Crippen molar-refractivity contribution in [1.29, 1.82) is 0 Å². The van der Waals surface area contributed by atoms with Crippen molar-refractivity contribution in [1.82, 2.24) is 4.90 Å². The Hall–Kier alpha value is -1.09. The molecule has 2 nitrogen and oxygen atoms in total. The first-order chi connectivity index (χ1) is 13.2. The Labute approximate surface area is 170 Å². The van der Waals surface area contributed by atoms with Crippen LogP contribution in [0.5, 0.6) is 0 Å². The number of aliphatic hydroxyl groups is 1. The van der Waals surface area contributed by atoms with Crippen molar-refractivity contribution in [2.45, 2.75) is 71.3 Å². The van der Waals surface area contributed by atoms with Crippen molar-refractivity contribution in [2.75, 3.05) is 19.6 Å². The molecule has 0 saturated carbocycles. The minimum atomic E-state index is -0.482. The third-order valence-corrected chi connectivity index (χ3v) is 5.68. The molecular formula is C24H36ClNO. The lowest BCUT2D eigenvalue weighted by molar-refractivity contribution is 0.111. The number of nitrogens with zero attached hydrogens (tertiary/aromatic N) is 1. The molecule has 0 aliphatic rings. The highest BCUT2D eigenvalue weighted by Gasteiger charge is 2.16. The SMILES string of the molecule is CCCCCCN(CCCCCC)C[C@H](O)c1ccc(Cl)c2ccccc12. The van der Waals surface area contributed by atoms with Gasteiger partial charge in [0, 0.05) is 17.0 Å². The van der Waals surface area contributed by atoms with E-state index in [0.717, 1.165) is 34.4 Å². The van der Waals surface area contributed by atoms with Crippen molar-refractivity contribution in [3.63, 3.8) is 0 Å². The monoisotopic (exact) mass is 389 g/mol. The summed E-state index contributed by atoms with van der Waals surface area (Å²) >= 11 is 6.34. The Morgan fingerprint density at radius 1 is 0.815 bits per heavy atom. The summed E-state index contributed by atoms with van der Waals surface area (Å²) in [6.07, 6.45) is 9.63. The summed E-state index contributed by atoms with van der Waals surface area (Å²) in [5.74, 6) is 0. The van der Waals surface area contributed by atoms with Crippen LogP contribution >= 0.6 is 11.6 Å². The van der Waals surface area contributed by atoms with E-state index in [9.17, 15) is 5.11 Å². The van der Waals surface area contributed by atoms with Gasteiger partial charge in [-0.2, -0.15) is 0 Å². The molecule has 2 rings (SSSR count). The number of hydrogen-bond donors (Lipinski definition) is 1. The number of halogens is 1. The maximum atomic E-state index is 11.0. The summed E-state index contributed by atoms with van der Waals surface area (Å²) in [4.78, 5) is 2.46. The van der Waals surface area contributed by atoms with Gasteiger partial charge in [0.15, 0.2) is 0 Å². The van der Waals surface area contributed by atoms with E-state index in [4.69, 9.17) is 11.6 Å². The lowest BCUT2D eigenvalue weighted by atomic mass is 9.99. The Kier molecular flexibility index (Phi) is 10.2. The molecule has 0 radical (unpaired) electrons. The first kappa shape index (κ1) is 22.2. The van der Waals surface area contributed by atoms with Crippen molar-refractivity contribution < 1.29 is 5.11 Å². The second-order valence-corrected chi connectivity index (χ2v) is 8.03. The predicted molar refractivity (Wildman–Crippen MR) is 119 cm³/mol. The Balaban J connectivity index is 2.04. The molecule has 1 N–H and O–H groups in total. The van der Waals surface area contributed by atoms with Gasteiger partial charge in [-0.05, 0) is 42.9 Å². The number of fused-ring (bicyclic) bond motifs is 1. The van der Waals surface area contributed by atoms with Crippen LogP contribution in [0, 0.1) is 0 Å². The molecular weight excluding hydrogens is 354 g/mol. The van der Waals surface area contributed by atoms with E-state index >= 15 is 0 Å². The first-order valence-electron chi connectivity index (χ1n) is 10.7. The van der Waals surface area contributed by atoms with Crippen LogP contribution in [-0.4, -0.2) is 29.6 Å². The molecule has 2 aromatic rings. The van der Waals surface area contributed by atoms with Gasteiger partial charge >= 0.3 is 0 Å². The predicted octanol–water partition coefficient (Wildman–Crippen LogP) is 6.99. The Morgan fingerprint density at radius 3 is 2.00 bits per heavy atom. The van der Waals surface area contributed by atoms with Crippen molar-refractivity contribution >= 4 is 22.4 Å². The van der Waals surface area contributed by atoms with E-state index < -0.39 is 6.10 Å². The molecule has 0 amide bonds. The molecule has 1 atom stereocenters. The highest BCUT2D eigenvalue weighted by atomic mass is 35.5. The lowest BCUT2D eigenvalue weighted by Crippen LogP contribution is -2.31. The van der Waals surface area contributed by atoms with E-state index in [0.29, 0.717) is 6.54 Å². The average molecular weight is 390 g/mol. The third kappa shape index (κ3) is 7.10. The highest BCUT2D eigenvalue weighted by molar-refractivity contribution is 6.35. The minimum Gasteiger partial charge on any atom is -0.387 e. The van der Waals surface area contributed by atoms with Gasteiger partial charge in [0.25, 0.3) is 0 Å². The van der Waals surface area contributed by atoms with E-state index in [1.807, 2.05) is 30.3 Å². The standard InChI is InChI=1S/C24H36ClNO/c1-3-5-7-11-17-26(18-12-8-6-4-2)19-24(27)22-15-16-23(25)21-14-10-9-13-20(21)22/h9-10,13-16,24,27H,3-8,11-12,17-19H2,1-2H3/t24-/m0/s1. The Bertz CT molecular complexity index is 660. The minimum absolute atomic E-state index is 0.482. The number of benzene rings is 2. The van der Waals surface area contributed by atoms with Crippen molar-refractivity contribution in [3.8, 4) is 0 Å². The normalized spacial score (nSPS) is 12.8. The summed E-state index contributed by atoms with van der Waals surface area (Å²) in [5.41, 5.74) is 0.988. The van der Waals surface area contributed by atoms with Crippen molar-refractivity contribution in [3.05, 3.63) is 47.0 Å². The quantitative estimate of drug-likeness (QED) is 0.373. The van der Waals surface area contributed by atoms with Gasteiger partial charge in [-0.25, -0.2) is 0 Å². The maximum absolute atomic E-state index is 11.0. The van der Waals surface area contributed by atoms with Crippen LogP contribution in [-0.2, 0) is 0 Å². The zero-order valence-corrected chi connectivity index (χ0v) is 17.8. The number of rotatable bonds is 13. The van der Waals surface area contributed by atoms with Gasteiger partial charge in [-0.15, -0.1) is 0 Å². The molecule has 0 saturated heterocycles. The van der Waals surface area contributed by atoms with Crippen LogP contribution in [0.25, 0.3) is 10.8 Å². The summed E-state index contributed by atoms with van der Waals surface area (Å²) < 4.78 is 0. The molecule has 0 unspecified atom stereocenters. The maximum Gasteiger partial charge on any atom is 0.0922 e. The van der Waals surface area contributed by atoms with Gasteiger partial charge in [0.2, 0.25) is 0 Å². The van der Waals surface area contributed by atoms with Gasteiger partial charge in [-0.3, -0.25) is 0 Å². The number of unbranched alkanes of at least 4 members (excludes halogenated alkanes) is 6. The van der Waals surface area contributed by atoms with Crippen LogP contribution in [0.2, 0.25) is 5.02 Å². The first-order valence-corrected chi connectivity index (χ1v) is 11.1.